The highest BCUT2D eigenvalue weighted by atomic mass is 79.9. The maximum Gasteiger partial charge on any atom is 0.410 e. The second-order valence-corrected chi connectivity index (χ2v) is 12.7. The van der Waals surface area contributed by atoms with E-state index in [1.54, 1.807) is 22.0 Å². The average Bonchev–Trinajstić information content (AvgIpc) is 3.42. The highest BCUT2D eigenvalue weighted by Gasteiger charge is 2.69. The van der Waals surface area contributed by atoms with E-state index in [4.69, 9.17) is 9.72 Å². The molecule has 3 fully saturated rings. The van der Waals surface area contributed by atoms with Gasteiger partial charge in [-0.15, -0.1) is 5.10 Å². The number of ether oxygens (including phenoxy) is 1. The van der Waals surface area contributed by atoms with E-state index in [0.717, 1.165) is 32.6 Å². The number of rotatable bonds is 7. The van der Waals surface area contributed by atoms with Gasteiger partial charge in [0.05, 0.1) is 25.0 Å². The molecule has 0 saturated heterocycles. The monoisotopic (exact) mass is 581 g/mol. The van der Waals surface area contributed by atoms with Crippen molar-refractivity contribution < 1.29 is 13.9 Å². The zero-order valence-electron chi connectivity index (χ0n) is 21.6. The molecule has 7 rings (SSSR count). The number of aromatic nitrogens is 6. The Morgan fingerprint density at radius 1 is 1.18 bits per heavy atom. The molecule has 3 aliphatic rings. The van der Waals surface area contributed by atoms with Gasteiger partial charge in [0.15, 0.2) is 0 Å². The highest BCUT2D eigenvalue weighted by molar-refractivity contribution is 9.10. The minimum absolute atomic E-state index is 0.111. The molecule has 198 valence electrons. The molecule has 11 heteroatoms. The SMILES string of the molecule is CC(C)(C)OC(=O)N(Cc1ccc2nc(Cn3cc(-c4cncc(Br)c4)nn3)cn2c1)CC12CC(F)(C1)C2. The number of halogens is 2. The topological polar surface area (TPSA) is 90.4 Å². The number of carbonyl (C=O) groups excluding carboxylic acids is 1. The van der Waals surface area contributed by atoms with Crippen LogP contribution in [0.4, 0.5) is 9.18 Å². The van der Waals surface area contributed by atoms with Gasteiger partial charge in [-0.05, 0) is 79.1 Å². The summed E-state index contributed by atoms with van der Waals surface area (Å²) >= 11 is 3.43. The minimum Gasteiger partial charge on any atom is -0.444 e. The fourth-order valence-electron chi connectivity index (χ4n) is 5.65. The van der Waals surface area contributed by atoms with Crippen LogP contribution in [-0.4, -0.2) is 58.2 Å². The number of alkyl halides is 1. The Bertz CT molecular complexity index is 1510. The number of hydrogen-bond acceptors (Lipinski definition) is 6. The number of pyridine rings is 2. The van der Waals surface area contributed by atoms with Gasteiger partial charge >= 0.3 is 6.09 Å². The van der Waals surface area contributed by atoms with Crippen LogP contribution in [0.15, 0.2) is 53.7 Å². The van der Waals surface area contributed by atoms with Crippen LogP contribution in [0.5, 0.6) is 0 Å². The molecule has 0 N–H and O–H groups in total. The zero-order chi connectivity index (χ0) is 26.7. The van der Waals surface area contributed by atoms with Crippen molar-refractivity contribution in [2.24, 2.45) is 5.41 Å². The van der Waals surface area contributed by atoms with Crippen molar-refractivity contribution in [3.63, 3.8) is 0 Å². The Balaban J connectivity index is 1.18. The second-order valence-electron chi connectivity index (χ2n) is 11.7. The molecule has 0 unspecified atom stereocenters. The first-order valence-corrected chi connectivity index (χ1v) is 13.4. The van der Waals surface area contributed by atoms with Crippen molar-refractivity contribution in [1.29, 1.82) is 0 Å². The Hall–Kier alpha value is -3.34. The number of hydrogen-bond donors (Lipinski definition) is 0. The maximum absolute atomic E-state index is 14.1. The normalized spacial score (nSPS) is 22.1. The molecular formula is C27H29BrFN7O2. The van der Waals surface area contributed by atoms with Crippen LogP contribution < -0.4 is 0 Å². The van der Waals surface area contributed by atoms with Crippen LogP contribution in [0.2, 0.25) is 0 Å². The number of nitrogens with zero attached hydrogens (tertiary/aromatic N) is 7. The molecule has 0 spiro atoms. The predicted molar refractivity (Wildman–Crippen MR) is 142 cm³/mol. The molecule has 4 aromatic heterocycles. The van der Waals surface area contributed by atoms with Gasteiger partial charge in [0.2, 0.25) is 0 Å². The number of fused-ring (bicyclic) bond motifs is 1. The first kappa shape index (κ1) is 25.0. The summed E-state index contributed by atoms with van der Waals surface area (Å²) < 4.78 is 24.4. The van der Waals surface area contributed by atoms with E-state index >= 15 is 0 Å². The van der Waals surface area contributed by atoms with E-state index in [-0.39, 0.29) is 11.5 Å². The molecule has 2 bridgehead atoms. The van der Waals surface area contributed by atoms with E-state index in [1.807, 2.05) is 62.0 Å². The third kappa shape index (κ3) is 5.03. The van der Waals surface area contributed by atoms with E-state index in [0.29, 0.717) is 38.9 Å². The standard InChI is InChI=1S/C27H29BrFN7O2/c1-25(2,3)38-24(37)35(17-26-14-27(29,15-26)16-26)10-18-4-5-23-31-21(11-34(23)9-18)12-36-13-22(32-33-36)19-6-20(28)8-30-7-19/h4-9,11,13H,10,12,14-17H2,1-3H3. The average molecular weight is 582 g/mol. The Morgan fingerprint density at radius 3 is 2.68 bits per heavy atom. The summed E-state index contributed by atoms with van der Waals surface area (Å²) in [4.78, 5) is 23.7. The Morgan fingerprint density at radius 2 is 1.97 bits per heavy atom. The van der Waals surface area contributed by atoms with Crippen LogP contribution >= 0.6 is 15.9 Å². The Kier molecular flexibility index (Phi) is 5.82. The third-order valence-electron chi connectivity index (χ3n) is 7.05. The first-order valence-electron chi connectivity index (χ1n) is 12.6. The molecule has 0 aromatic carbocycles. The maximum atomic E-state index is 14.1. The summed E-state index contributed by atoms with van der Waals surface area (Å²) in [6.45, 7) is 6.91. The zero-order valence-corrected chi connectivity index (χ0v) is 23.2. The van der Waals surface area contributed by atoms with Crippen LogP contribution in [0.25, 0.3) is 16.9 Å². The fraction of sp³-hybridized carbons (Fsp3) is 0.444. The van der Waals surface area contributed by atoms with E-state index < -0.39 is 11.3 Å². The fourth-order valence-corrected chi connectivity index (χ4v) is 6.02. The quantitative estimate of drug-likeness (QED) is 0.289. The van der Waals surface area contributed by atoms with Crippen molar-refractivity contribution in [2.45, 2.75) is 64.4 Å². The lowest BCUT2D eigenvalue weighted by Gasteiger charge is -2.66. The van der Waals surface area contributed by atoms with E-state index in [9.17, 15) is 9.18 Å². The van der Waals surface area contributed by atoms with E-state index in [2.05, 4.69) is 31.2 Å². The van der Waals surface area contributed by atoms with Crippen molar-refractivity contribution in [3.05, 3.63) is 64.9 Å². The van der Waals surface area contributed by atoms with Crippen LogP contribution in [0, 0.1) is 5.41 Å². The molecule has 1 amide bonds. The van der Waals surface area contributed by atoms with Crippen LogP contribution in [0.1, 0.15) is 51.3 Å². The molecular weight excluding hydrogens is 553 g/mol. The van der Waals surface area contributed by atoms with Crippen molar-refractivity contribution >= 4 is 27.7 Å². The van der Waals surface area contributed by atoms with Gasteiger partial charge in [0.25, 0.3) is 0 Å². The van der Waals surface area contributed by atoms with Gasteiger partial charge in [-0.25, -0.2) is 18.9 Å². The van der Waals surface area contributed by atoms with Crippen LogP contribution in [0.3, 0.4) is 0 Å². The summed E-state index contributed by atoms with van der Waals surface area (Å²) in [5, 5.41) is 8.50. The van der Waals surface area contributed by atoms with Gasteiger partial charge in [0.1, 0.15) is 22.6 Å². The smallest absolute Gasteiger partial charge is 0.410 e. The van der Waals surface area contributed by atoms with Gasteiger partial charge < -0.3 is 14.0 Å². The Labute approximate surface area is 228 Å². The number of amides is 1. The minimum atomic E-state index is -1.01. The summed E-state index contributed by atoms with van der Waals surface area (Å²) in [5.74, 6) is 0. The third-order valence-corrected chi connectivity index (χ3v) is 7.49. The summed E-state index contributed by atoms with van der Waals surface area (Å²) in [7, 11) is 0. The first-order chi connectivity index (χ1) is 18.0. The summed E-state index contributed by atoms with van der Waals surface area (Å²) in [6.07, 6.45) is 10.5. The summed E-state index contributed by atoms with van der Waals surface area (Å²) in [5.41, 5.74) is 2.45. The lowest BCUT2D eigenvalue weighted by Crippen LogP contribution is -2.68. The molecule has 3 aliphatic carbocycles. The molecule has 0 radical (unpaired) electrons. The lowest BCUT2D eigenvalue weighted by molar-refractivity contribution is -0.220. The molecule has 0 aliphatic heterocycles. The van der Waals surface area contributed by atoms with Crippen molar-refractivity contribution in [1.82, 2.24) is 34.3 Å². The number of carbonyl (C=O) groups is 1. The largest absolute Gasteiger partial charge is 0.444 e. The molecule has 4 heterocycles. The van der Waals surface area contributed by atoms with Crippen LogP contribution in [-0.2, 0) is 17.8 Å². The molecule has 3 saturated carbocycles. The number of imidazole rings is 1. The molecule has 38 heavy (non-hydrogen) atoms. The lowest BCUT2D eigenvalue weighted by atomic mass is 9.42. The summed E-state index contributed by atoms with van der Waals surface area (Å²) in [6, 6.07) is 5.84. The van der Waals surface area contributed by atoms with Gasteiger partial charge in [-0.2, -0.15) is 0 Å². The molecule has 4 aromatic rings. The predicted octanol–water partition coefficient (Wildman–Crippen LogP) is 5.43. The van der Waals surface area contributed by atoms with Crippen molar-refractivity contribution in [2.75, 3.05) is 6.54 Å². The highest BCUT2D eigenvalue weighted by Crippen LogP contribution is 2.69. The van der Waals surface area contributed by atoms with Gasteiger partial charge in [0, 0.05) is 41.4 Å². The van der Waals surface area contributed by atoms with Gasteiger partial charge in [-0.1, -0.05) is 11.3 Å². The molecule has 9 nitrogen and oxygen atoms in total. The molecule has 0 atom stereocenters. The second kappa shape index (κ2) is 8.86. The van der Waals surface area contributed by atoms with Crippen molar-refractivity contribution in [3.8, 4) is 11.3 Å². The van der Waals surface area contributed by atoms with Gasteiger partial charge in [-0.3, -0.25) is 4.98 Å². The van der Waals surface area contributed by atoms with E-state index in [1.165, 1.54) is 0 Å².